The molecule has 1 fully saturated rings. The lowest BCUT2D eigenvalue weighted by molar-refractivity contribution is 0.108. The second kappa shape index (κ2) is 6.32. The highest BCUT2D eigenvalue weighted by Crippen LogP contribution is 2.24. The molecule has 126 valence electrons. The number of fused-ring (bicyclic) bond motifs is 1. The molecule has 1 atom stereocenters. The Morgan fingerprint density at radius 2 is 2.33 bits per heavy atom. The maximum Gasteiger partial charge on any atom is 0.267 e. The van der Waals surface area contributed by atoms with Crippen LogP contribution in [0.5, 0.6) is 0 Å². The fourth-order valence-corrected chi connectivity index (χ4v) is 3.51. The van der Waals surface area contributed by atoms with Crippen molar-refractivity contribution in [1.29, 1.82) is 0 Å². The minimum absolute atomic E-state index is 0.0510. The third-order valence-corrected chi connectivity index (χ3v) is 4.72. The van der Waals surface area contributed by atoms with E-state index in [1.165, 1.54) is 0 Å². The van der Waals surface area contributed by atoms with Crippen LogP contribution in [0.15, 0.2) is 23.1 Å². The predicted molar refractivity (Wildman–Crippen MR) is 89.0 cm³/mol. The van der Waals surface area contributed by atoms with Crippen LogP contribution in [0.2, 0.25) is 0 Å². The van der Waals surface area contributed by atoms with Gasteiger partial charge in [-0.05, 0) is 25.8 Å². The zero-order chi connectivity index (χ0) is 16.5. The Labute approximate surface area is 140 Å². The predicted octanol–water partition coefficient (Wildman–Crippen LogP) is 1.08. The highest BCUT2D eigenvalue weighted by molar-refractivity contribution is 5.40. The number of ether oxygens (including phenoxy) is 1. The van der Waals surface area contributed by atoms with E-state index in [0.717, 1.165) is 48.7 Å². The van der Waals surface area contributed by atoms with Crippen molar-refractivity contribution < 1.29 is 4.74 Å². The molecule has 0 aliphatic carbocycles. The molecule has 0 N–H and O–H groups in total. The molecule has 1 unspecified atom stereocenters. The molecule has 4 heterocycles. The van der Waals surface area contributed by atoms with Crippen molar-refractivity contribution >= 4 is 5.82 Å². The number of rotatable bonds is 3. The van der Waals surface area contributed by atoms with Crippen LogP contribution in [0, 0.1) is 6.92 Å². The Morgan fingerprint density at radius 3 is 3.21 bits per heavy atom. The topological polar surface area (TPSA) is 73.1 Å². The van der Waals surface area contributed by atoms with Gasteiger partial charge in [0.2, 0.25) is 0 Å². The molecular weight excluding hydrogens is 306 g/mol. The van der Waals surface area contributed by atoms with Gasteiger partial charge in [-0.15, -0.1) is 0 Å². The molecule has 2 aliphatic heterocycles. The third-order valence-electron chi connectivity index (χ3n) is 4.72. The zero-order valence-corrected chi connectivity index (χ0v) is 13.8. The molecule has 1 saturated heterocycles. The molecule has 2 aliphatic rings. The lowest BCUT2D eigenvalue weighted by Gasteiger charge is -2.26. The molecule has 0 aromatic carbocycles. The van der Waals surface area contributed by atoms with Gasteiger partial charge in [-0.1, -0.05) is 0 Å². The minimum Gasteiger partial charge on any atom is -0.376 e. The quantitative estimate of drug-likeness (QED) is 0.840. The van der Waals surface area contributed by atoms with E-state index in [2.05, 4.69) is 20.0 Å². The number of hydrogen-bond acceptors (Lipinski definition) is 6. The summed E-state index contributed by atoms with van der Waals surface area (Å²) < 4.78 is 7.01. The van der Waals surface area contributed by atoms with Gasteiger partial charge < -0.3 is 9.64 Å². The standard InChI is InChI=1S/C17H21N5O2/c1-12-18-6-4-16(19-12)21-7-2-3-14(21)10-22-17(23)9-13-11-24-8-5-15(13)20-22/h4,6,9,14H,2-3,5,7-8,10-11H2,1H3. The molecule has 24 heavy (non-hydrogen) atoms. The first kappa shape index (κ1) is 15.3. The van der Waals surface area contributed by atoms with Gasteiger partial charge in [0.05, 0.1) is 31.5 Å². The average Bonchev–Trinajstić information content (AvgIpc) is 3.04. The average molecular weight is 327 g/mol. The summed E-state index contributed by atoms with van der Waals surface area (Å²) in [5, 5.41) is 4.59. The smallest absolute Gasteiger partial charge is 0.267 e. The van der Waals surface area contributed by atoms with Crippen molar-refractivity contribution in [2.75, 3.05) is 18.1 Å². The van der Waals surface area contributed by atoms with Crippen molar-refractivity contribution in [3.05, 3.63) is 45.8 Å². The molecule has 4 rings (SSSR count). The molecule has 2 aromatic rings. The van der Waals surface area contributed by atoms with Crippen LogP contribution in [-0.4, -0.2) is 38.9 Å². The molecule has 7 heteroatoms. The summed E-state index contributed by atoms with van der Waals surface area (Å²) in [6.45, 7) is 4.61. The molecule has 2 aromatic heterocycles. The molecule has 0 saturated carbocycles. The Morgan fingerprint density at radius 1 is 1.42 bits per heavy atom. The summed E-state index contributed by atoms with van der Waals surface area (Å²) in [4.78, 5) is 23.3. The van der Waals surface area contributed by atoms with Crippen LogP contribution < -0.4 is 10.5 Å². The SMILES string of the molecule is Cc1nccc(N2CCCC2Cn2nc3c(cc2=O)COCC3)n1. The summed E-state index contributed by atoms with van der Waals surface area (Å²) >= 11 is 0. The summed E-state index contributed by atoms with van der Waals surface area (Å²) in [5.74, 6) is 1.70. The molecule has 0 amide bonds. The molecule has 0 radical (unpaired) electrons. The van der Waals surface area contributed by atoms with Gasteiger partial charge in [0.1, 0.15) is 11.6 Å². The summed E-state index contributed by atoms with van der Waals surface area (Å²) in [7, 11) is 0. The first-order valence-electron chi connectivity index (χ1n) is 8.44. The van der Waals surface area contributed by atoms with Crippen LogP contribution in [0.4, 0.5) is 5.82 Å². The van der Waals surface area contributed by atoms with Gasteiger partial charge in [0, 0.05) is 30.8 Å². The maximum atomic E-state index is 12.4. The Kier molecular flexibility index (Phi) is 4.02. The number of hydrogen-bond donors (Lipinski definition) is 0. The highest BCUT2D eigenvalue weighted by atomic mass is 16.5. The van der Waals surface area contributed by atoms with Gasteiger partial charge in [-0.2, -0.15) is 5.10 Å². The summed E-state index contributed by atoms with van der Waals surface area (Å²) in [6.07, 6.45) is 4.70. The van der Waals surface area contributed by atoms with Gasteiger partial charge >= 0.3 is 0 Å². The lowest BCUT2D eigenvalue weighted by atomic mass is 10.1. The first-order valence-corrected chi connectivity index (χ1v) is 8.44. The van der Waals surface area contributed by atoms with Crippen molar-refractivity contribution in [2.45, 2.75) is 45.4 Å². The van der Waals surface area contributed by atoms with E-state index in [-0.39, 0.29) is 11.6 Å². The van der Waals surface area contributed by atoms with Gasteiger partial charge in [0.15, 0.2) is 0 Å². The maximum absolute atomic E-state index is 12.4. The fourth-order valence-electron chi connectivity index (χ4n) is 3.51. The molecular formula is C17H21N5O2. The van der Waals surface area contributed by atoms with Crippen molar-refractivity contribution in [2.24, 2.45) is 0 Å². The molecule has 0 spiro atoms. The van der Waals surface area contributed by atoms with E-state index < -0.39 is 0 Å². The van der Waals surface area contributed by atoms with Crippen LogP contribution in [-0.2, 0) is 24.3 Å². The van der Waals surface area contributed by atoms with E-state index in [1.54, 1.807) is 16.9 Å². The second-order valence-corrected chi connectivity index (χ2v) is 6.39. The van der Waals surface area contributed by atoms with Gasteiger partial charge in [0.25, 0.3) is 5.56 Å². The van der Waals surface area contributed by atoms with Crippen LogP contribution in [0.25, 0.3) is 0 Å². The molecule has 7 nitrogen and oxygen atoms in total. The Balaban J connectivity index is 1.59. The van der Waals surface area contributed by atoms with Crippen molar-refractivity contribution in [3.63, 3.8) is 0 Å². The van der Waals surface area contributed by atoms with E-state index in [1.807, 2.05) is 13.0 Å². The number of nitrogens with zero attached hydrogens (tertiary/aromatic N) is 5. The van der Waals surface area contributed by atoms with E-state index in [9.17, 15) is 4.79 Å². The number of anilines is 1. The zero-order valence-electron chi connectivity index (χ0n) is 13.8. The Hall–Kier alpha value is -2.28. The fraction of sp³-hybridized carbons (Fsp3) is 0.529. The Bertz CT molecular complexity index is 804. The van der Waals surface area contributed by atoms with Gasteiger partial charge in [-0.25, -0.2) is 14.6 Å². The third kappa shape index (κ3) is 2.91. The normalized spacial score (nSPS) is 20.2. The van der Waals surface area contributed by atoms with E-state index in [4.69, 9.17) is 4.74 Å². The highest BCUT2D eigenvalue weighted by Gasteiger charge is 2.27. The van der Waals surface area contributed by atoms with Crippen LogP contribution >= 0.6 is 0 Å². The van der Waals surface area contributed by atoms with E-state index >= 15 is 0 Å². The monoisotopic (exact) mass is 327 g/mol. The number of aromatic nitrogens is 4. The second-order valence-electron chi connectivity index (χ2n) is 6.39. The molecule has 0 bridgehead atoms. The van der Waals surface area contributed by atoms with Crippen LogP contribution in [0.1, 0.15) is 29.9 Å². The van der Waals surface area contributed by atoms with Gasteiger partial charge in [-0.3, -0.25) is 4.79 Å². The minimum atomic E-state index is -0.0510. The van der Waals surface area contributed by atoms with E-state index in [0.29, 0.717) is 19.8 Å². The largest absolute Gasteiger partial charge is 0.376 e. The summed E-state index contributed by atoms with van der Waals surface area (Å²) in [5.41, 5.74) is 1.87. The number of aryl methyl sites for hydroxylation is 1. The van der Waals surface area contributed by atoms with Crippen molar-refractivity contribution in [1.82, 2.24) is 19.7 Å². The van der Waals surface area contributed by atoms with Crippen LogP contribution in [0.3, 0.4) is 0 Å². The summed E-state index contributed by atoms with van der Waals surface area (Å²) in [6, 6.07) is 3.85. The lowest BCUT2D eigenvalue weighted by Crippen LogP contribution is -2.38. The first-order chi connectivity index (χ1) is 11.7. The van der Waals surface area contributed by atoms with Crippen molar-refractivity contribution in [3.8, 4) is 0 Å².